The second kappa shape index (κ2) is 7.05. The third-order valence-electron chi connectivity index (χ3n) is 4.60. The molecule has 1 amide bonds. The maximum Gasteiger partial charge on any atom is 0.323 e. The van der Waals surface area contributed by atoms with Crippen molar-refractivity contribution in [3.63, 3.8) is 0 Å². The fourth-order valence-electron chi connectivity index (χ4n) is 3.42. The van der Waals surface area contributed by atoms with Crippen molar-refractivity contribution < 1.29 is 19.4 Å². The molecule has 2 N–H and O–H groups in total. The van der Waals surface area contributed by atoms with Crippen LogP contribution in [0.1, 0.15) is 24.0 Å². The lowest BCUT2D eigenvalue weighted by Crippen LogP contribution is -2.46. The Labute approximate surface area is 140 Å². The third-order valence-corrected chi connectivity index (χ3v) is 4.60. The first-order valence-corrected chi connectivity index (χ1v) is 8.21. The second-order valence-corrected chi connectivity index (χ2v) is 6.25. The average molecular weight is 330 g/mol. The van der Waals surface area contributed by atoms with E-state index in [2.05, 4.69) is 4.98 Å². The zero-order valence-electron chi connectivity index (χ0n) is 13.7. The molecule has 6 nitrogen and oxygen atoms in total. The van der Waals surface area contributed by atoms with Crippen molar-refractivity contribution in [2.24, 2.45) is 0 Å². The highest BCUT2D eigenvalue weighted by Crippen LogP contribution is 2.24. The number of rotatable bonds is 5. The van der Waals surface area contributed by atoms with Gasteiger partial charge in [-0.3, -0.25) is 9.59 Å². The predicted molar refractivity (Wildman–Crippen MR) is 89.9 cm³/mol. The van der Waals surface area contributed by atoms with Gasteiger partial charge in [-0.25, -0.2) is 0 Å². The van der Waals surface area contributed by atoms with Crippen LogP contribution >= 0.6 is 0 Å². The summed E-state index contributed by atoms with van der Waals surface area (Å²) >= 11 is 0. The Morgan fingerprint density at radius 1 is 1.33 bits per heavy atom. The van der Waals surface area contributed by atoms with E-state index < -0.39 is 5.97 Å². The normalized spacial score (nSPS) is 15.5. The van der Waals surface area contributed by atoms with Gasteiger partial charge in [0.15, 0.2) is 0 Å². The van der Waals surface area contributed by atoms with Gasteiger partial charge in [-0.05, 0) is 37.0 Å². The molecule has 1 saturated heterocycles. The molecule has 0 bridgehead atoms. The molecule has 0 spiro atoms. The van der Waals surface area contributed by atoms with Gasteiger partial charge in [-0.2, -0.15) is 0 Å². The number of nitrogens with zero attached hydrogens (tertiary/aromatic N) is 1. The highest BCUT2D eigenvalue weighted by atomic mass is 16.5. The van der Waals surface area contributed by atoms with Crippen LogP contribution in [0.25, 0.3) is 10.9 Å². The lowest BCUT2D eigenvalue weighted by molar-refractivity contribution is -0.147. The van der Waals surface area contributed by atoms with Gasteiger partial charge in [0.05, 0.1) is 6.42 Å². The quantitative estimate of drug-likeness (QED) is 0.879. The Balaban J connectivity index is 1.82. The van der Waals surface area contributed by atoms with E-state index in [1.165, 1.54) is 4.90 Å². The molecule has 2 aromatic rings. The fraction of sp³-hybridized carbons (Fsp3) is 0.444. The number of benzene rings is 1. The Morgan fingerprint density at radius 3 is 2.79 bits per heavy atom. The van der Waals surface area contributed by atoms with E-state index in [-0.39, 0.29) is 24.9 Å². The number of carbonyl (C=O) groups excluding carboxylic acids is 1. The first-order valence-electron chi connectivity index (χ1n) is 8.21. The Morgan fingerprint density at radius 2 is 2.08 bits per heavy atom. The van der Waals surface area contributed by atoms with E-state index in [9.17, 15) is 14.7 Å². The zero-order chi connectivity index (χ0) is 17.1. The molecular weight excluding hydrogens is 308 g/mol. The highest BCUT2D eigenvalue weighted by molar-refractivity contribution is 5.91. The molecule has 1 aliphatic rings. The van der Waals surface area contributed by atoms with E-state index in [0.29, 0.717) is 26.1 Å². The van der Waals surface area contributed by atoms with E-state index >= 15 is 0 Å². The maximum absolute atomic E-state index is 12.8. The van der Waals surface area contributed by atoms with Crippen molar-refractivity contribution in [2.75, 3.05) is 19.8 Å². The zero-order valence-corrected chi connectivity index (χ0v) is 13.7. The number of aryl methyl sites for hydroxylation is 1. The maximum atomic E-state index is 12.8. The number of carbonyl (C=O) groups is 2. The molecule has 3 rings (SSSR count). The summed E-state index contributed by atoms with van der Waals surface area (Å²) < 4.78 is 5.32. The van der Waals surface area contributed by atoms with Gasteiger partial charge in [-0.1, -0.05) is 12.1 Å². The van der Waals surface area contributed by atoms with Gasteiger partial charge in [0.25, 0.3) is 0 Å². The van der Waals surface area contributed by atoms with E-state index in [4.69, 9.17) is 4.74 Å². The Kier molecular flexibility index (Phi) is 4.85. The number of amides is 1. The van der Waals surface area contributed by atoms with Crippen molar-refractivity contribution in [3.05, 3.63) is 35.5 Å². The van der Waals surface area contributed by atoms with E-state index in [0.717, 1.165) is 22.0 Å². The number of aliphatic carboxylic acids is 1. The molecule has 0 aliphatic carbocycles. The van der Waals surface area contributed by atoms with Crippen LogP contribution in [-0.4, -0.2) is 52.7 Å². The smallest absolute Gasteiger partial charge is 0.323 e. The summed E-state index contributed by atoms with van der Waals surface area (Å²) in [5.41, 5.74) is 3.01. The number of hydrogen-bond acceptors (Lipinski definition) is 3. The minimum atomic E-state index is -0.982. The lowest BCUT2D eigenvalue weighted by Gasteiger charge is -2.33. The molecule has 0 saturated carbocycles. The number of ether oxygens (including phenoxy) is 1. The highest BCUT2D eigenvalue weighted by Gasteiger charge is 2.28. The number of nitrogens with one attached hydrogen (secondary N) is 1. The fourth-order valence-corrected chi connectivity index (χ4v) is 3.42. The molecule has 1 aromatic heterocycles. The van der Waals surface area contributed by atoms with Crippen LogP contribution < -0.4 is 0 Å². The van der Waals surface area contributed by atoms with Crippen molar-refractivity contribution in [3.8, 4) is 0 Å². The number of aromatic amines is 1. The molecule has 24 heavy (non-hydrogen) atoms. The predicted octanol–water partition coefficient (Wildman–Crippen LogP) is 2.11. The lowest BCUT2D eigenvalue weighted by atomic mass is 10.0. The standard InChI is InChI=1S/C18H22N2O4/c1-12-3-2-4-15-18(12)13(10-19-15)9-16(21)20(11-17(22)23)14-5-7-24-8-6-14/h2-4,10,14,19H,5-9,11H2,1H3,(H,22,23). The van der Waals surface area contributed by atoms with Gasteiger partial charge in [0.1, 0.15) is 6.54 Å². The molecule has 0 unspecified atom stereocenters. The van der Waals surface area contributed by atoms with Gasteiger partial charge in [0.2, 0.25) is 5.91 Å². The molecular formula is C18H22N2O4. The molecule has 1 aromatic carbocycles. The number of fused-ring (bicyclic) bond motifs is 1. The van der Waals surface area contributed by atoms with Crippen molar-refractivity contribution in [1.82, 2.24) is 9.88 Å². The monoisotopic (exact) mass is 330 g/mol. The van der Waals surface area contributed by atoms with E-state index in [1.54, 1.807) is 0 Å². The molecule has 1 aliphatic heterocycles. The van der Waals surface area contributed by atoms with Crippen LogP contribution in [0, 0.1) is 6.92 Å². The van der Waals surface area contributed by atoms with Crippen molar-refractivity contribution in [2.45, 2.75) is 32.2 Å². The van der Waals surface area contributed by atoms with Crippen LogP contribution in [0.15, 0.2) is 24.4 Å². The number of carboxylic acid groups (broad SMARTS) is 1. The van der Waals surface area contributed by atoms with Gasteiger partial charge >= 0.3 is 5.97 Å². The summed E-state index contributed by atoms with van der Waals surface area (Å²) in [7, 11) is 0. The Hall–Kier alpha value is -2.34. The van der Waals surface area contributed by atoms with Crippen molar-refractivity contribution in [1.29, 1.82) is 0 Å². The third kappa shape index (κ3) is 3.43. The molecule has 0 atom stereocenters. The summed E-state index contributed by atoms with van der Waals surface area (Å²) in [6, 6.07) is 5.90. The van der Waals surface area contributed by atoms with Crippen LogP contribution in [0.2, 0.25) is 0 Å². The number of H-pyrrole nitrogens is 1. The summed E-state index contributed by atoms with van der Waals surface area (Å²) in [4.78, 5) is 28.7. The first-order chi connectivity index (χ1) is 11.6. The van der Waals surface area contributed by atoms with Crippen LogP contribution in [-0.2, 0) is 20.7 Å². The minimum Gasteiger partial charge on any atom is -0.480 e. The average Bonchev–Trinajstić information content (AvgIpc) is 2.97. The molecule has 6 heteroatoms. The summed E-state index contributed by atoms with van der Waals surface area (Å²) in [5.74, 6) is -1.13. The summed E-state index contributed by atoms with van der Waals surface area (Å²) in [5, 5.41) is 10.2. The van der Waals surface area contributed by atoms with E-state index in [1.807, 2.05) is 31.3 Å². The van der Waals surface area contributed by atoms with Crippen LogP contribution in [0.4, 0.5) is 0 Å². The first kappa shape index (κ1) is 16.5. The molecule has 0 radical (unpaired) electrons. The van der Waals surface area contributed by atoms with Gasteiger partial charge in [0, 0.05) is 36.4 Å². The van der Waals surface area contributed by atoms with Crippen LogP contribution in [0.3, 0.4) is 0 Å². The number of hydrogen-bond donors (Lipinski definition) is 2. The number of aromatic nitrogens is 1. The van der Waals surface area contributed by atoms with Crippen molar-refractivity contribution >= 4 is 22.8 Å². The molecule has 128 valence electrons. The largest absolute Gasteiger partial charge is 0.480 e. The van der Waals surface area contributed by atoms with Gasteiger partial charge < -0.3 is 19.7 Å². The topological polar surface area (TPSA) is 82.6 Å². The molecule has 1 fully saturated rings. The van der Waals surface area contributed by atoms with Crippen LogP contribution in [0.5, 0.6) is 0 Å². The Bertz CT molecular complexity index is 747. The minimum absolute atomic E-state index is 0.0614. The SMILES string of the molecule is Cc1cccc2[nH]cc(CC(=O)N(CC(=O)O)C3CCOCC3)c12. The summed E-state index contributed by atoms with van der Waals surface area (Å²) in [6.07, 6.45) is 3.42. The second-order valence-electron chi connectivity index (χ2n) is 6.25. The molecule has 2 heterocycles. The van der Waals surface area contributed by atoms with Gasteiger partial charge in [-0.15, -0.1) is 0 Å². The summed E-state index contributed by atoms with van der Waals surface area (Å²) in [6.45, 7) is 2.89. The number of carboxylic acids is 1.